The predicted octanol–water partition coefficient (Wildman–Crippen LogP) is 2.58. The molecule has 0 aliphatic heterocycles. The number of nitrogens with zero attached hydrogens (tertiary/aromatic N) is 1. The highest BCUT2D eigenvalue weighted by Gasteiger charge is 2.26. The molecule has 2 rings (SSSR count). The van der Waals surface area contributed by atoms with Gasteiger partial charge >= 0.3 is 0 Å². The van der Waals surface area contributed by atoms with Gasteiger partial charge in [0.2, 0.25) is 5.75 Å². The van der Waals surface area contributed by atoms with Crippen LogP contribution in [0.5, 0.6) is 17.2 Å². The molecule has 0 heterocycles. The summed E-state index contributed by atoms with van der Waals surface area (Å²) in [6.45, 7) is 0.788. The molecule has 5 heteroatoms. The van der Waals surface area contributed by atoms with E-state index in [0.717, 1.165) is 6.54 Å². The van der Waals surface area contributed by atoms with Crippen molar-refractivity contribution >= 4 is 5.91 Å². The first-order valence-corrected chi connectivity index (χ1v) is 7.16. The van der Waals surface area contributed by atoms with E-state index in [-0.39, 0.29) is 5.91 Å². The van der Waals surface area contributed by atoms with Crippen LogP contribution < -0.4 is 14.2 Å². The van der Waals surface area contributed by atoms with Crippen LogP contribution >= 0.6 is 0 Å². The third kappa shape index (κ3) is 3.06. The van der Waals surface area contributed by atoms with Gasteiger partial charge in [0.05, 0.1) is 26.9 Å². The molecule has 0 unspecified atom stereocenters. The summed E-state index contributed by atoms with van der Waals surface area (Å²) in [6, 6.07) is 3.45. The molecule has 116 valence electrons. The van der Waals surface area contributed by atoms with Crippen LogP contribution in [-0.2, 0) is 0 Å². The number of rotatable bonds is 6. The molecule has 1 aromatic carbocycles. The van der Waals surface area contributed by atoms with E-state index in [2.05, 4.69) is 0 Å². The van der Waals surface area contributed by atoms with Gasteiger partial charge in [0.25, 0.3) is 5.91 Å². The third-order valence-corrected chi connectivity index (χ3v) is 4.04. The van der Waals surface area contributed by atoms with E-state index in [4.69, 9.17) is 14.2 Å². The van der Waals surface area contributed by atoms with Crippen molar-refractivity contribution in [2.45, 2.75) is 19.3 Å². The summed E-state index contributed by atoms with van der Waals surface area (Å²) in [5.74, 6) is 1.99. The number of amides is 1. The second-order valence-electron chi connectivity index (χ2n) is 5.36. The van der Waals surface area contributed by atoms with Crippen LogP contribution in [0, 0.1) is 5.92 Å². The van der Waals surface area contributed by atoms with Gasteiger partial charge in [-0.1, -0.05) is 6.42 Å². The van der Waals surface area contributed by atoms with Gasteiger partial charge < -0.3 is 19.1 Å². The van der Waals surface area contributed by atoms with Crippen LogP contribution in [0.4, 0.5) is 0 Å². The number of carbonyl (C=O) groups excluding carboxylic acids is 1. The lowest BCUT2D eigenvalue weighted by atomic mass is 9.85. The van der Waals surface area contributed by atoms with Crippen molar-refractivity contribution in [2.24, 2.45) is 5.92 Å². The second-order valence-corrected chi connectivity index (χ2v) is 5.36. The molecule has 1 saturated carbocycles. The zero-order valence-corrected chi connectivity index (χ0v) is 13.1. The van der Waals surface area contributed by atoms with Gasteiger partial charge in [-0.15, -0.1) is 0 Å². The monoisotopic (exact) mass is 293 g/mol. The van der Waals surface area contributed by atoms with Crippen LogP contribution in [0.25, 0.3) is 0 Å². The maximum absolute atomic E-state index is 12.6. The third-order valence-electron chi connectivity index (χ3n) is 4.04. The number of hydrogen-bond donors (Lipinski definition) is 0. The number of methoxy groups -OCH3 is 3. The molecule has 0 bridgehead atoms. The Bertz CT molecular complexity index is 511. The summed E-state index contributed by atoms with van der Waals surface area (Å²) in [5.41, 5.74) is 0.497. The minimum absolute atomic E-state index is 0.0558. The molecule has 1 aromatic rings. The molecule has 21 heavy (non-hydrogen) atoms. The van der Waals surface area contributed by atoms with Crippen molar-refractivity contribution in [1.82, 2.24) is 4.90 Å². The van der Waals surface area contributed by atoms with Crippen LogP contribution in [0.1, 0.15) is 29.6 Å². The van der Waals surface area contributed by atoms with E-state index in [1.54, 1.807) is 24.1 Å². The van der Waals surface area contributed by atoms with Crippen molar-refractivity contribution in [1.29, 1.82) is 0 Å². The molecular formula is C16H23NO4. The smallest absolute Gasteiger partial charge is 0.257 e. The molecule has 0 radical (unpaired) electrons. The van der Waals surface area contributed by atoms with Crippen molar-refractivity contribution in [3.63, 3.8) is 0 Å². The average Bonchev–Trinajstić information content (AvgIpc) is 2.47. The number of carbonyl (C=O) groups is 1. The first-order chi connectivity index (χ1) is 10.1. The zero-order valence-electron chi connectivity index (χ0n) is 13.1. The van der Waals surface area contributed by atoms with Crippen LogP contribution in [0.3, 0.4) is 0 Å². The normalized spacial score (nSPS) is 14.3. The maximum Gasteiger partial charge on any atom is 0.257 e. The molecule has 1 aliphatic rings. The Morgan fingerprint density at radius 1 is 1.14 bits per heavy atom. The van der Waals surface area contributed by atoms with Gasteiger partial charge in [0, 0.05) is 13.6 Å². The molecule has 1 aliphatic carbocycles. The van der Waals surface area contributed by atoms with Gasteiger partial charge in [-0.2, -0.15) is 0 Å². The van der Waals surface area contributed by atoms with Crippen LogP contribution in [-0.4, -0.2) is 45.7 Å². The highest BCUT2D eigenvalue weighted by Crippen LogP contribution is 2.40. The number of hydrogen-bond acceptors (Lipinski definition) is 4. The van der Waals surface area contributed by atoms with Gasteiger partial charge in [-0.25, -0.2) is 0 Å². The van der Waals surface area contributed by atoms with E-state index < -0.39 is 0 Å². The molecule has 0 spiro atoms. The fourth-order valence-corrected chi connectivity index (χ4v) is 2.62. The van der Waals surface area contributed by atoms with Crippen molar-refractivity contribution in [3.05, 3.63) is 17.7 Å². The average molecular weight is 293 g/mol. The summed E-state index contributed by atoms with van der Waals surface area (Å²) in [6.07, 6.45) is 3.69. The van der Waals surface area contributed by atoms with Gasteiger partial charge in [0.1, 0.15) is 0 Å². The highest BCUT2D eigenvalue weighted by atomic mass is 16.5. The topological polar surface area (TPSA) is 48.0 Å². The predicted molar refractivity (Wildman–Crippen MR) is 80.4 cm³/mol. The molecule has 1 fully saturated rings. The molecule has 0 N–H and O–H groups in total. The summed E-state index contributed by atoms with van der Waals surface area (Å²) in [4.78, 5) is 14.4. The fourth-order valence-electron chi connectivity index (χ4n) is 2.62. The molecule has 5 nitrogen and oxygen atoms in total. The number of ether oxygens (including phenoxy) is 3. The maximum atomic E-state index is 12.6. The SMILES string of the molecule is COc1ccc(C(=O)N(C)CC2CCC2)c(OC)c1OC. The van der Waals surface area contributed by atoms with Gasteiger partial charge in [-0.05, 0) is 30.9 Å². The summed E-state index contributed by atoms with van der Waals surface area (Å²) in [5, 5.41) is 0. The first kappa shape index (κ1) is 15.5. The molecule has 0 atom stereocenters. The summed E-state index contributed by atoms with van der Waals surface area (Å²) in [7, 11) is 6.45. The van der Waals surface area contributed by atoms with E-state index in [1.165, 1.54) is 33.5 Å². The fraction of sp³-hybridized carbons (Fsp3) is 0.562. The number of benzene rings is 1. The Hall–Kier alpha value is -1.91. The van der Waals surface area contributed by atoms with Crippen molar-refractivity contribution in [3.8, 4) is 17.2 Å². The van der Waals surface area contributed by atoms with Crippen LogP contribution in [0.15, 0.2) is 12.1 Å². The Morgan fingerprint density at radius 3 is 2.29 bits per heavy atom. The van der Waals surface area contributed by atoms with E-state index in [0.29, 0.717) is 28.7 Å². The zero-order chi connectivity index (χ0) is 15.4. The summed E-state index contributed by atoms with van der Waals surface area (Å²) >= 11 is 0. The standard InChI is InChI=1S/C16H23NO4/c1-17(10-11-6-5-7-11)16(18)12-8-9-13(19-2)15(21-4)14(12)20-3/h8-9,11H,5-7,10H2,1-4H3. The quantitative estimate of drug-likeness (QED) is 0.809. The highest BCUT2D eigenvalue weighted by molar-refractivity contribution is 5.98. The minimum Gasteiger partial charge on any atom is -0.493 e. The van der Waals surface area contributed by atoms with Gasteiger partial charge in [0.15, 0.2) is 11.5 Å². The first-order valence-electron chi connectivity index (χ1n) is 7.16. The lowest BCUT2D eigenvalue weighted by Crippen LogP contribution is -2.34. The molecule has 0 aromatic heterocycles. The van der Waals surface area contributed by atoms with Crippen molar-refractivity contribution in [2.75, 3.05) is 34.9 Å². The largest absolute Gasteiger partial charge is 0.493 e. The Kier molecular flexibility index (Phi) is 4.94. The van der Waals surface area contributed by atoms with E-state index >= 15 is 0 Å². The van der Waals surface area contributed by atoms with E-state index in [9.17, 15) is 4.79 Å². The van der Waals surface area contributed by atoms with E-state index in [1.807, 2.05) is 7.05 Å². The lowest BCUT2D eigenvalue weighted by molar-refractivity contribution is 0.0741. The second kappa shape index (κ2) is 6.70. The van der Waals surface area contributed by atoms with Crippen LogP contribution in [0.2, 0.25) is 0 Å². The molecule has 0 saturated heterocycles. The molecule has 1 amide bonds. The summed E-state index contributed by atoms with van der Waals surface area (Å²) < 4.78 is 15.9. The Labute approximate surface area is 125 Å². The minimum atomic E-state index is -0.0558. The lowest BCUT2D eigenvalue weighted by Gasteiger charge is -2.30. The van der Waals surface area contributed by atoms with Gasteiger partial charge in [-0.3, -0.25) is 4.79 Å². The Morgan fingerprint density at radius 2 is 1.81 bits per heavy atom. The Balaban J connectivity index is 2.26. The van der Waals surface area contributed by atoms with Crippen molar-refractivity contribution < 1.29 is 19.0 Å². The molecular weight excluding hydrogens is 270 g/mol.